The van der Waals surface area contributed by atoms with Gasteiger partial charge in [-0.3, -0.25) is 29.9 Å². The van der Waals surface area contributed by atoms with Gasteiger partial charge < -0.3 is 4.98 Å². The average molecular weight is 1030 g/mol. The molecule has 0 saturated heterocycles. The fourth-order valence-corrected chi connectivity index (χ4v) is 6.66. The molecular weight excluding hydrogens is 998 g/mol. The van der Waals surface area contributed by atoms with Crippen LogP contribution in [0.1, 0.15) is 5.56 Å². The number of pyridine rings is 6. The van der Waals surface area contributed by atoms with E-state index in [4.69, 9.17) is 37.3 Å². The minimum Gasteiger partial charge on any atom is -0.337 e. The maximum atomic E-state index is 12.8. The summed E-state index contributed by atoms with van der Waals surface area (Å²) in [7, 11) is -9.39. The third kappa shape index (κ3) is 12.4. The molecule has 4 aromatic carbocycles. The van der Waals surface area contributed by atoms with Gasteiger partial charge in [-0.15, -0.1) is 0 Å². The van der Waals surface area contributed by atoms with Crippen molar-refractivity contribution in [2.75, 3.05) is 0 Å². The number of fused-ring (bicyclic) bond motifs is 12. The van der Waals surface area contributed by atoms with E-state index in [2.05, 4.69) is 88.4 Å². The Kier molecular flexibility index (Phi) is 15.4. The van der Waals surface area contributed by atoms with Crippen molar-refractivity contribution in [2.24, 2.45) is 0 Å². The second-order valence-corrected chi connectivity index (χ2v) is 15.0. The Morgan fingerprint density at radius 3 is 1.11 bits per heavy atom. The number of rotatable bonds is 1. The number of benzene rings is 4. The number of nitrogens with one attached hydrogen (secondary N) is 1. The first-order valence-corrected chi connectivity index (χ1v) is 21.1. The van der Waals surface area contributed by atoms with Gasteiger partial charge in [-0.25, -0.2) is 4.98 Å². The Hall–Kier alpha value is -6.52. The molecule has 0 aliphatic carbocycles. The minimum atomic E-state index is -4.69. The third-order valence-electron chi connectivity index (χ3n) is 9.24. The standard InChI is InChI=1S/C20H11F3N4.2C12H8N2.2ClHO4.Ru/c21-20(22,23)12-7-5-11(6-8-12)19-26-17-13-3-1-9-24-15(13)16-14(18(17)27-19)4-2-10-25-16;2*1-3-9-5-6-10-4-2-8-14-12(10)11(9)13-7-1;2*2-1(3,4)5;/h1-10H,(H,26,27);2*1-8H;2*(H,2,3,4,5);/q;;;;;+2. The van der Waals surface area contributed by atoms with Crippen molar-refractivity contribution in [2.45, 2.75) is 6.18 Å². The van der Waals surface area contributed by atoms with Gasteiger partial charge in [-0.05, 0) is 60.7 Å². The molecule has 0 spiro atoms. The van der Waals surface area contributed by atoms with Crippen LogP contribution in [-0.2, 0) is 25.7 Å². The zero-order valence-corrected chi connectivity index (χ0v) is 36.5. The molecule has 0 unspecified atom stereocenters. The number of hydrogen-bond donors (Lipinski definition) is 3. The van der Waals surface area contributed by atoms with Crippen molar-refractivity contribution in [1.29, 1.82) is 0 Å². The summed E-state index contributed by atoms with van der Waals surface area (Å²) in [6.07, 6.45) is 6.25. The van der Waals surface area contributed by atoms with Gasteiger partial charge in [0.1, 0.15) is 5.82 Å². The molecule has 7 heterocycles. The van der Waals surface area contributed by atoms with Gasteiger partial charge in [0.2, 0.25) is 0 Å². The zero-order valence-electron chi connectivity index (χ0n) is 33.2. The molecule has 0 saturated carbocycles. The van der Waals surface area contributed by atoms with Crippen LogP contribution in [-0.4, -0.2) is 49.2 Å². The largest absolute Gasteiger partial charge is 2.00 e. The van der Waals surface area contributed by atoms with E-state index in [0.717, 1.165) is 83.1 Å². The van der Waals surface area contributed by atoms with Crippen LogP contribution in [0.4, 0.5) is 13.2 Å². The Morgan fingerprint density at radius 1 is 0.424 bits per heavy atom. The van der Waals surface area contributed by atoms with Gasteiger partial charge in [0, 0.05) is 75.1 Å². The van der Waals surface area contributed by atoms with Crippen LogP contribution in [0.3, 0.4) is 0 Å². The number of halogens is 5. The third-order valence-corrected chi connectivity index (χ3v) is 9.24. The number of aromatic amines is 1. The number of H-pyrrole nitrogens is 1. The van der Waals surface area contributed by atoms with E-state index in [1.54, 1.807) is 37.2 Å². The van der Waals surface area contributed by atoms with Crippen LogP contribution < -0.4 is 28.0 Å². The number of aromatic nitrogens is 8. The van der Waals surface area contributed by atoms with Crippen LogP contribution >= 0.6 is 0 Å². The topological polar surface area (TPSA) is 285 Å². The second-order valence-electron chi connectivity index (χ2n) is 13.4. The molecule has 0 aliphatic heterocycles. The van der Waals surface area contributed by atoms with Crippen molar-refractivity contribution in [3.05, 3.63) is 164 Å². The summed E-state index contributed by atoms with van der Waals surface area (Å²) < 4.78 is 104. The van der Waals surface area contributed by atoms with Crippen LogP contribution in [0.5, 0.6) is 0 Å². The van der Waals surface area contributed by atoms with E-state index in [1.807, 2.05) is 48.5 Å². The van der Waals surface area contributed by atoms with E-state index >= 15 is 0 Å². The summed E-state index contributed by atoms with van der Waals surface area (Å²) in [5, 5.41) is 6.26. The van der Waals surface area contributed by atoms with Crippen molar-refractivity contribution < 1.29 is 90.4 Å². The maximum absolute atomic E-state index is 12.8. The molecule has 22 heteroatoms. The van der Waals surface area contributed by atoms with Gasteiger partial charge in [0.15, 0.2) is 0 Å². The molecule has 0 radical (unpaired) electrons. The average Bonchev–Trinajstić information content (AvgIpc) is 3.75. The summed E-state index contributed by atoms with van der Waals surface area (Å²) in [5.74, 6) is 0.500. The zero-order chi connectivity index (χ0) is 46.4. The molecule has 0 amide bonds. The summed E-state index contributed by atoms with van der Waals surface area (Å²) in [5.41, 5.74) is 6.80. The number of hydrogen-bond acceptors (Lipinski definition) is 15. The molecule has 0 atom stereocenters. The van der Waals surface area contributed by atoms with E-state index in [1.165, 1.54) is 12.1 Å². The molecule has 66 heavy (non-hydrogen) atoms. The number of alkyl halides is 3. The van der Waals surface area contributed by atoms with Gasteiger partial charge in [-0.1, -0.05) is 60.7 Å². The van der Waals surface area contributed by atoms with Crippen LogP contribution in [0.25, 0.3) is 87.8 Å². The van der Waals surface area contributed by atoms with Crippen molar-refractivity contribution in [3.8, 4) is 11.4 Å². The molecule has 16 nitrogen and oxygen atoms in total. The normalized spacial score (nSPS) is 11.4. The monoisotopic (exact) mass is 1030 g/mol. The summed E-state index contributed by atoms with van der Waals surface area (Å²) in [6, 6.07) is 36.7. The molecular formula is C44H29Cl2F3N8O8Ru+2. The van der Waals surface area contributed by atoms with Crippen LogP contribution in [0.2, 0.25) is 0 Å². The second kappa shape index (κ2) is 20.8. The van der Waals surface area contributed by atoms with Crippen LogP contribution in [0, 0.1) is 20.5 Å². The van der Waals surface area contributed by atoms with Crippen LogP contribution in [0.15, 0.2) is 159 Å². The molecule has 7 aromatic heterocycles. The van der Waals surface area contributed by atoms with Gasteiger partial charge in [0.25, 0.3) is 0 Å². The number of imidazole rings is 1. The SMILES string of the molecule is FC(F)(F)c1ccc(-c2nc3c4cccnc4c4ncccc4c3[nH]2)cc1.[O-][Cl+3]([O-])([O-])O.[O-][Cl+3]([O-])([O-])O.[Ru+2].c1cnc2c(c1)ccc1cccnc12.c1cnc2c(c1)ccc1cccnc12. The van der Waals surface area contributed by atoms with Crippen molar-refractivity contribution in [3.63, 3.8) is 0 Å². The van der Waals surface area contributed by atoms with Crippen molar-refractivity contribution in [1.82, 2.24) is 39.9 Å². The summed E-state index contributed by atoms with van der Waals surface area (Å²) in [6.45, 7) is 0. The van der Waals surface area contributed by atoms with E-state index in [-0.39, 0.29) is 19.5 Å². The molecule has 334 valence electrons. The molecule has 11 rings (SSSR count). The van der Waals surface area contributed by atoms with Gasteiger partial charge in [-0.2, -0.15) is 41.1 Å². The fourth-order valence-electron chi connectivity index (χ4n) is 6.66. The van der Waals surface area contributed by atoms with Crippen molar-refractivity contribution >= 4 is 76.5 Å². The fraction of sp³-hybridized carbons (Fsp3) is 0.0227. The van der Waals surface area contributed by atoms with E-state index in [0.29, 0.717) is 16.9 Å². The first kappa shape index (κ1) is 48.9. The van der Waals surface area contributed by atoms with Gasteiger partial charge >= 0.3 is 25.7 Å². The van der Waals surface area contributed by atoms with E-state index in [9.17, 15) is 13.2 Å². The molecule has 0 aliphatic rings. The quantitative estimate of drug-likeness (QED) is 0.157. The number of nitrogens with zero attached hydrogens (tertiary/aromatic N) is 7. The molecule has 0 bridgehead atoms. The molecule has 11 aromatic rings. The van der Waals surface area contributed by atoms with E-state index < -0.39 is 32.2 Å². The van der Waals surface area contributed by atoms with Gasteiger partial charge in [0.05, 0.1) is 79.5 Å². The summed E-state index contributed by atoms with van der Waals surface area (Å²) in [4.78, 5) is 34.2. The minimum absolute atomic E-state index is 0. The Balaban J connectivity index is 0.000000156. The Bertz CT molecular complexity index is 3100. The summed E-state index contributed by atoms with van der Waals surface area (Å²) >= 11 is 0. The Labute approximate surface area is 386 Å². The molecule has 3 N–H and O–H groups in total. The molecule has 0 fully saturated rings. The predicted molar refractivity (Wildman–Crippen MR) is 216 cm³/mol. The smallest absolute Gasteiger partial charge is 0.337 e. The first-order valence-electron chi connectivity index (χ1n) is 18.5. The first-order chi connectivity index (χ1) is 30.9. The predicted octanol–water partition coefficient (Wildman–Crippen LogP) is 2.66. The Morgan fingerprint density at radius 2 is 0.742 bits per heavy atom. The maximum Gasteiger partial charge on any atom is 2.00 e.